The molecule has 0 atom stereocenters. The minimum Gasteiger partial charge on any atom is -0.492 e. The first-order valence-corrected chi connectivity index (χ1v) is 11.8. The summed E-state index contributed by atoms with van der Waals surface area (Å²) in [4.78, 5) is 36.6. The van der Waals surface area contributed by atoms with Gasteiger partial charge < -0.3 is 19.7 Å². The largest absolute Gasteiger partial charge is 0.492 e. The molecule has 2 aliphatic heterocycles. The van der Waals surface area contributed by atoms with Gasteiger partial charge in [0.15, 0.2) is 0 Å². The van der Waals surface area contributed by atoms with Crippen LogP contribution in [0.2, 0.25) is 0 Å². The van der Waals surface area contributed by atoms with Crippen molar-refractivity contribution in [3.63, 3.8) is 0 Å². The van der Waals surface area contributed by atoms with Crippen LogP contribution < -0.4 is 10.1 Å². The number of carbonyl (C=O) groups excluding carboxylic acids is 2. The highest BCUT2D eigenvalue weighted by Gasteiger charge is 2.31. The minimum absolute atomic E-state index is 0.0797. The summed E-state index contributed by atoms with van der Waals surface area (Å²) in [6.07, 6.45) is 4.82. The van der Waals surface area contributed by atoms with Crippen LogP contribution >= 0.6 is 0 Å². The molecule has 2 aliphatic rings. The number of ether oxygens (including phenoxy) is 2. The SMILES string of the molecule is Cc1ncc(C(=O)NCCOc2ccccc2)c(C2CCN(C(=O)C3CCOCC3)CC2)n1. The van der Waals surface area contributed by atoms with Gasteiger partial charge in [-0.05, 0) is 44.7 Å². The Morgan fingerprint density at radius 1 is 1.12 bits per heavy atom. The van der Waals surface area contributed by atoms with E-state index in [4.69, 9.17) is 9.47 Å². The number of benzene rings is 1. The number of hydrogen-bond donors (Lipinski definition) is 1. The van der Waals surface area contributed by atoms with Gasteiger partial charge in [-0.1, -0.05) is 18.2 Å². The molecule has 2 fully saturated rings. The minimum atomic E-state index is -0.192. The van der Waals surface area contributed by atoms with Gasteiger partial charge in [0.25, 0.3) is 5.91 Å². The maximum atomic E-state index is 12.9. The number of rotatable bonds is 7. The van der Waals surface area contributed by atoms with Crippen LogP contribution in [0.3, 0.4) is 0 Å². The second-order valence-electron chi connectivity index (χ2n) is 8.62. The van der Waals surface area contributed by atoms with Gasteiger partial charge in [-0.25, -0.2) is 9.97 Å². The van der Waals surface area contributed by atoms with E-state index in [1.54, 1.807) is 6.20 Å². The topological polar surface area (TPSA) is 93.7 Å². The van der Waals surface area contributed by atoms with E-state index in [2.05, 4.69) is 15.3 Å². The molecule has 8 heteroatoms. The van der Waals surface area contributed by atoms with E-state index in [0.717, 1.165) is 37.1 Å². The third-order valence-corrected chi connectivity index (χ3v) is 6.35. The van der Waals surface area contributed by atoms with Gasteiger partial charge in [0.05, 0.1) is 17.8 Å². The fourth-order valence-corrected chi connectivity index (χ4v) is 4.50. The summed E-state index contributed by atoms with van der Waals surface area (Å²) in [6, 6.07) is 9.51. The normalized spacial score (nSPS) is 17.5. The average molecular weight is 453 g/mol. The van der Waals surface area contributed by atoms with Gasteiger partial charge in [-0.15, -0.1) is 0 Å². The highest BCUT2D eigenvalue weighted by atomic mass is 16.5. The number of para-hydroxylation sites is 1. The molecule has 0 bridgehead atoms. The van der Waals surface area contributed by atoms with E-state index in [1.807, 2.05) is 42.2 Å². The number of aryl methyl sites for hydroxylation is 1. The number of likely N-dealkylation sites (tertiary alicyclic amines) is 1. The van der Waals surface area contributed by atoms with Crippen molar-refractivity contribution in [1.29, 1.82) is 0 Å². The lowest BCUT2D eigenvalue weighted by Crippen LogP contribution is -2.43. The Kier molecular flexibility index (Phi) is 7.88. The number of carbonyl (C=O) groups is 2. The third kappa shape index (κ3) is 6.07. The molecular formula is C25H32N4O4. The summed E-state index contributed by atoms with van der Waals surface area (Å²) in [5.74, 6) is 1.68. The van der Waals surface area contributed by atoms with E-state index in [-0.39, 0.29) is 23.7 Å². The van der Waals surface area contributed by atoms with Crippen LogP contribution in [0.1, 0.15) is 53.5 Å². The molecule has 33 heavy (non-hydrogen) atoms. The van der Waals surface area contributed by atoms with Crippen molar-refractivity contribution in [2.24, 2.45) is 5.92 Å². The molecule has 3 heterocycles. The quantitative estimate of drug-likeness (QED) is 0.650. The Balaban J connectivity index is 1.33. The van der Waals surface area contributed by atoms with Crippen LogP contribution in [0.15, 0.2) is 36.5 Å². The highest BCUT2D eigenvalue weighted by Crippen LogP contribution is 2.30. The third-order valence-electron chi connectivity index (χ3n) is 6.35. The van der Waals surface area contributed by atoms with Crippen molar-refractivity contribution in [2.45, 2.75) is 38.5 Å². The smallest absolute Gasteiger partial charge is 0.254 e. The van der Waals surface area contributed by atoms with E-state index in [1.165, 1.54) is 0 Å². The number of aromatic nitrogens is 2. The Bertz CT molecular complexity index is 939. The fraction of sp³-hybridized carbons (Fsp3) is 0.520. The van der Waals surface area contributed by atoms with Gasteiger partial charge in [0.1, 0.15) is 18.2 Å². The Morgan fingerprint density at radius 3 is 2.58 bits per heavy atom. The molecule has 176 valence electrons. The maximum absolute atomic E-state index is 12.9. The molecule has 0 saturated carbocycles. The molecule has 1 N–H and O–H groups in total. The van der Waals surface area contributed by atoms with Crippen molar-refractivity contribution in [2.75, 3.05) is 39.5 Å². The van der Waals surface area contributed by atoms with Crippen LogP contribution in [0, 0.1) is 12.8 Å². The molecule has 0 spiro atoms. The molecule has 2 aromatic rings. The van der Waals surface area contributed by atoms with Crippen molar-refractivity contribution in [3.05, 3.63) is 53.6 Å². The highest BCUT2D eigenvalue weighted by molar-refractivity contribution is 5.95. The zero-order valence-electron chi connectivity index (χ0n) is 19.2. The van der Waals surface area contributed by atoms with Gasteiger partial charge in [-0.3, -0.25) is 9.59 Å². The first kappa shape index (κ1) is 23.2. The zero-order valence-corrected chi connectivity index (χ0v) is 19.2. The van der Waals surface area contributed by atoms with Crippen LogP contribution in [0.4, 0.5) is 0 Å². The lowest BCUT2D eigenvalue weighted by atomic mass is 9.89. The summed E-state index contributed by atoms with van der Waals surface area (Å²) in [5, 5.41) is 2.92. The molecule has 4 rings (SSSR count). The molecular weight excluding hydrogens is 420 g/mol. The fourth-order valence-electron chi connectivity index (χ4n) is 4.50. The van der Waals surface area contributed by atoms with E-state index >= 15 is 0 Å². The molecule has 1 aromatic heterocycles. The lowest BCUT2D eigenvalue weighted by Gasteiger charge is -2.35. The second kappa shape index (κ2) is 11.2. The van der Waals surface area contributed by atoms with Gasteiger partial charge >= 0.3 is 0 Å². The summed E-state index contributed by atoms with van der Waals surface area (Å²) in [6.45, 7) is 5.32. The van der Waals surface area contributed by atoms with Crippen molar-refractivity contribution in [1.82, 2.24) is 20.2 Å². The summed E-state index contributed by atoms with van der Waals surface area (Å²) < 4.78 is 11.0. The number of nitrogens with zero attached hydrogens (tertiary/aromatic N) is 3. The van der Waals surface area contributed by atoms with E-state index in [9.17, 15) is 9.59 Å². The monoisotopic (exact) mass is 452 g/mol. The van der Waals surface area contributed by atoms with Crippen LogP contribution in [-0.4, -0.2) is 66.1 Å². The van der Waals surface area contributed by atoms with Crippen molar-refractivity contribution >= 4 is 11.8 Å². The molecule has 0 radical (unpaired) electrons. The average Bonchev–Trinajstić information content (AvgIpc) is 2.87. The van der Waals surface area contributed by atoms with Gasteiger partial charge in [0.2, 0.25) is 5.91 Å². The maximum Gasteiger partial charge on any atom is 0.254 e. The standard InChI is InChI=1S/C25H32N4O4/c1-18-27-17-22(24(30)26-11-16-33-21-5-3-2-4-6-21)23(28-18)19-7-12-29(13-8-19)25(31)20-9-14-32-15-10-20/h2-6,17,19-20H,7-16H2,1H3,(H,26,30). The summed E-state index contributed by atoms with van der Waals surface area (Å²) >= 11 is 0. The van der Waals surface area contributed by atoms with Crippen molar-refractivity contribution in [3.8, 4) is 5.75 Å². The first-order chi connectivity index (χ1) is 16.1. The van der Waals surface area contributed by atoms with Crippen LogP contribution in [0.25, 0.3) is 0 Å². The van der Waals surface area contributed by atoms with Crippen molar-refractivity contribution < 1.29 is 19.1 Å². The molecule has 0 aliphatic carbocycles. The van der Waals surface area contributed by atoms with E-state index in [0.29, 0.717) is 50.8 Å². The number of hydrogen-bond acceptors (Lipinski definition) is 6. The number of nitrogens with one attached hydrogen (secondary N) is 1. The van der Waals surface area contributed by atoms with Crippen LogP contribution in [0.5, 0.6) is 5.75 Å². The second-order valence-corrected chi connectivity index (χ2v) is 8.62. The Morgan fingerprint density at radius 2 is 1.85 bits per heavy atom. The lowest BCUT2D eigenvalue weighted by molar-refractivity contribution is -0.139. The molecule has 1 aromatic carbocycles. The van der Waals surface area contributed by atoms with Crippen LogP contribution in [-0.2, 0) is 9.53 Å². The zero-order chi connectivity index (χ0) is 23.0. The van der Waals surface area contributed by atoms with E-state index < -0.39 is 0 Å². The molecule has 2 amide bonds. The molecule has 2 saturated heterocycles. The molecule has 8 nitrogen and oxygen atoms in total. The predicted octanol–water partition coefficient (Wildman–Crippen LogP) is 2.73. The number of amides is 2. The van der Waals surface area contributed by atoms with Gasteiger partial charge in [0, 0.05) is 44.3 Å². The Hall–Kier alpha value is -3.00. The predicted molar refractivity (Wildman–Crippen MR) is 123 cm³/mol. The first-order valence-electron chi connectivity index (χ1n) is 11.8. The number of piperidine rings is 1. The summed E-state index contributed by atoms with van der Waals surface area (Å²) in [7, 11) is 0. The Labute approximate surface area is 194 Å². The summed E-state index contributed by atoms with van der Waals surface area (Å²) in [5.41, 5.74) is 1.29. The van der Waals surface area contributed by atoms with Gasteiger partial charge in [-0.2, -0.15) is 0 Å². The molecule has 0 unspecified atom stereocenters.